The average molecular weight is 231 g/mol. The maximum atomic E-state index is 11.8. The van der Waals surface area contributed by atoms with Crippen LogP contribution in [-0.4, -0.2) is 23.3 Å². The molecule has 1 aromatic heterocycles. The third-order valence-electron chi connectivity index (χ3n) is 2.49. The minimum Gasteiger partial charge on any atom is -0.466 e. The number of ether oxygens (including phenoxy) is 1. The highest BCUT2D eigenvalue weighted by Crippen LogP contribution is 2.15. The monoisotopic (exact) mass is 231 g/mol. The summed E-state index contributed by atoms with van der Waals surface area (Å²) in [5, 5.41) is 1.04. The zero-order valence-corrected chi connectivity index (χ0v) is 9.53. The summed E-state index contributed by atoms with van der Waals surface area (Å²) in [5.74, 6) is -0.705. The predicted molar refractivity (Wildman–Crippen MR) is 63.9 cm³/mol. The molecular formula is C13H13NO3. The molecule has 0 saturated carbocycles. The molecule has 17 heavy (non-hydrogen) atoms. The third-order valence-corrected chi connectivity index (χ3v) is 2.49. The largest absolute Gasteiger partial charge is 0.466 e. The van der Waals surface area contributed by atoms with Crippen molar-refractivity contribution in [2.45, 2.75) is 13.3 Å². The van der Waals surface area contributed by atoms with Crippen molar-refractivity contribution >= 4 is 22.7 Å². The van der Waals surface area contributed by atoms with Crippen LogP contribution in [-0.2, 0) is 9.53 Å². The van der Waals surface area contributed by atoms with Crippen molar-refractivity contribution in [1.82, 2.24) is 4.98 Å². The lowest BCUT2D eigenvalue weighted by atomic mass is 10.1. The van der Waals surface area contributed by atoms with Crippen LogP contribution in [0.3, 0.4) is 0 Å². The summed E-state index contributed by atoms with van der Waals surface area (Å²) in [6.45, 7) is 2.01. The van der Waals surface area contributed by atoms with Crippen LogP contribution in [0.2, 0.25) is 0 Å². The van der Waals surface area contributed by atoms with E-state index in [4.69, 9.17) is 4.74 Å². The molecule has 1 heterocycles. The van der Waals surface area contributed by atoms with E-state index in [-0.39, 0.29) is 12.2 Å². The van der Waals surface area contributed by atoms with Gasteiger partial charge in [0, 0.05) is 17.3 Å². The Bertz CT molecular complexity index is 557. The van der Waals surface area contributed by atoms with Gasteiger partial charge in [-0.3, -0.25) is 9.59 Å². The quantitative estimate of drug-likeness (QED) is 0.499. The molecule has 0 fully saturated rings. The molecule has 0 aliphatic heterocycles. The summed E-state index contributed by atoms with van der Waals surface area (Å²) in [7, 11) is 0. The van der Waals surface area contributed by atoms with Gasteiger partial charge in [0.25, 0.3) is 0 Å². The topological polar surface area (TPSA) is 59.2 Å². The summed E-state index contributed by atoms with van der Waals surface area (Å²) in [4.78, 5) is 26.0. The average Bonchev–Trinajstić information content (AvgIpc) is 2.75. The zero-order valence-electron chi connectivity index (χ0n) is 9.53. The number of hydrogen-bond acceptors (Lipinski definition) is 3. The fourth-order valence-electron chi connectivity index (χ4n) is 1.67. The number of H-pyrrole nitrogens is 1. The number of fused-ring (bicyclic) bond motifs is 1. The summed E-state index contributed by atoms with van der Waals surface area (Å²) in [6.07, 6.45) is 1.60. The van der Waals surface area contributed by atoms with Crippen LogP contribution < -0.4 is 0 Å². The Balaban J connectivity index is 2.15. The van der Waals surface area contributed by atoms with E-state index in [1.807, 2.05) is 18.3 Å². The molecule has 2 aromatic rings. The number of aromatic amines is 1. The minimum atomic E-state index is -0.482. The number of rotatable bonds is 4. The van der Waals surface area contributed by atoms with Gasteiger partial charge in [0.2, 0.25) is 0 Å². The predicted octanol–water partition coefficient (Wildman–Crippen LogP) is 2.30. The van der Waals surface area contributed by atoms with E-state index >= 15 is 0 Å². The molecular weight excluding hydrogens is 218 g/mol. The first-order valence-electron chi connectivity index (χ1n) is 5.46. The Morgan fingerprint density at radius 2 is 2.12 bits per heavy atom. The number of carbonyl (C=O) groups excluding carboxylic acids is 2. The van der Waals surface area contributed by atoms with E-state index < -0.39 is 5.97 Å². The van der Waals surface area contributed by atoms with Gasteiger partial charge in [-0.05, 0) is 24.4 Å². The number of esters is 1. The summed E-state index contributed by atoms with van der Waals surface area (Å²) >= 11 is 0. The Labute approximate surface area is 98.6 Å². The minimum absolute atomic E-state index is 0.208. The first-order valence-corrected chi connectivity index (χ1v) is 5.46. The number of ketones is 1. The molecule has 0 spiro atoms. The molecule has 88 valence electrons. The Morgan fingerprint density at radius 1 is 1.29 bits per heavy atom. The fraction of sp³-hybridized carbons (Fsp3) is 0.231. The van der Waals surface area contributed by atoms with Gasteiger partial charge < -0.3 is 9.72 Å². The van der Waals surface area contributed by atoms with Gasteiger partial charge >= 0.3 is 5.97 Å². The summed E-state index contributed by atoms with van der Waals surface area (Å²) in [5.41, 5.74) is 1.41. The lowest BCUT2D eigenvalue weighted by Gasteiger charge is -2.02. The lowest BCUT2D eigenvalue weighted by Crippen LogP contribution is -2.11. The van der Waals surface area contributed by atoms with Gasteiger partial charge in [0.15, 0.2) is 5.78 Å². The Morgan fingerprint density at radius 3 is 2.88 bits per heavy atom. The molecule has 4 heteroatoms. The molecule has 0 aliphatic rings. The van der Waals surface area contributed by atoms with Crippen LogP contribution in [0, 0.1) is 0 Å². The summed E-state index contributed by atoms with van der Waals surface area (Å²) in [6, 6.07) is 7.24. The standard InChI is InChI=1S/C13H13NO3/c1-2-17-13(16)8-12(15)10-4-3-9-5-6-14-11(9)7-10/h3-7,14H,2,8H2,1H3. The number of nitrogens with one attached hydrogen (secondary N) is 1. The number of aromatic nitrogens is 1. The fourth-order valence-corrected chi connectivity index (χ4v) is 1.67. The first-order chi connectivity index (χ1) is 8.20. The number of benzene rings is 1. The van der Waals surface area contributed by atoms with Crippen molar-refractivity contribution < 1.29 is 14.3 Å². The highest BCUT2D eigenvalue weighted by molar-refractivity contribution is 6.07. The second-order valence-corrected chi connectivity index (χ2v) is 3.68. The highest BCUT2D eigenvalue weighted by Gasteiger charge is 2.12. The summed E-state index contributed by atoms with van der Waals surface area (Å²) < 4.78 is 4.74. The molecule has 2 rings (SSSR count). The van der Waals surface area contributed by atoms with Crippen molar-refractivity contribution in [3.05, 3.63) is 36.0 Å². The van der Waals surface area contributed by atoms with Gasteiger partial charge in [-0.25, -0.2) is 0 Å². The number of hydrogen-bond donors (Lipinski definition) is 1. The van der Waals surface area contributed by atoms with Crippen molar-refractivity contribution in [1.29, 1.82) is 0 Å². The van der Waals surface area contributed by atoms with E-state index in [9.17, 15) is 9.59 Å². The van der Waals surface area contributed by atoms with E-state index in [1.54, 1.807) is 19.1 Å². The second kappa shape index (κ2) is 4.82. The van der Waals surface area contributed by atoms with E-state index in [1.165, 1.54) is 0 Å². The normalized spacial score (nSPS) is 10.4. The third kappa shape index (κ3) is 2.53. The van der Waals surface area contributed by atoms with E-state index in [2.05, 4.69) is 4.98 Å². The van der Waals surface area contributed by atoms with Gasteiger partial charge in [-0.1, -0.05) is 12.1 Å². The van der Waals surface area contributed by atoms with Gasteiger partial charge in [-0.2, -0.15) is 0 Å². The first kappa shape index (κ1) is 11.4. The van der Waals surface area contributed by atoms with Crippen molar-refractivity contribution in [2.75, 3.05) is 6.61 Å². The molecule has 0 saturated heterocycles. The van der Waals surface area contributed by atoms with Crippen LogP contribution in [0.25, 0.3) is 10.9 Å². The smallest absolute Gasteiger partial charge is 0.313 e. The van der Waals surface area contributed by atoms with Gasteiger partial charge in [0.05, 0.1) is 6.61 Å². The molecule has 0 aliphatic carbocycles. The number of Topliss-reactive ketones (excluding diaryl/α,β-unsaturated/α-hetero) is 1. The van der Waals surface area contributed by atoms with Crippen molar-refractivity contribution in [3.8, 4) is 0 Å². The van der Waals surface area contributed by atoms with E-state index in [0.29, 0.717) is 12.2 Å². The molecule has 1 aromatic carbocycles. The zero-order chi connectivity index (χ0) is 12.3. The number of carbonyl (C=O) groups is 2. The highest BCUT2D eigenvalue weighted by atomic mass is 16.5. The van der Waals surface area contributed by atoms with Crippen LogP contribution >= 0.6 is 0 Å². The lowest BCUT2D eigenvalue weighted by molar-refractivity contribution is -0.141. The van der Waals surface area contributed by atoms with Gasteiger partial charge in [0.1, 0.15) is 6.42 Å². The van der Waals surface area contributed by atoms with Crippen molar-refractivity contribution in [2.24, 2.45) is 0 Å². The van der Waals surface area contributed by atoms with Crippen LogP contribution in [0.1, 0.15) is 23.7 Å². The molecule has 1 N–H and O–H groups in total. The van der Waals surface area contributed by atoms with Crippen LogP contribution in [0.4, 0.5) is 0 Å². The molecule has 0 atom stereocenters. The van der Waals surface area contributed by atoms with Crippen LogP contribution in [0.5, 0.6) is 0 Å². The Hall–Kier alpha value is -2.10. The molecule has 0 amide bonds. The molecule has 4 nitrogen and oxygen atoms in total. The maximum absolute atomic E-state index is 11.8. The molecule has 0 bridgehead atoms. The van der Waals surface area contributed by atoms with Gasteiger partial charge in [-0.15, -0.1) is 0 Å². The van der Waals surface area contributed by atoms with Crippen molar-refractivity contribution in [3.63, 3.8) is 0 Å². The van der Waals surface area contributed by atoms with E-state index in [0.717, 1.165) is 10.9 Å². The molecule has 0 radical (unpaired) electrons. The SMILES string of the molecule is CCOC(=O)CC(=O)c1ccc2cc[nH]c2c1. The van der Waals surface area contributed by atoms with Crippen LogP contribution in [0.15, 0.2) is 30.5 Å². The molecule has 0 unspecified atom stereocenters. The Kier molecular flexibility index (Phi) is 3.23. The maximum Gasteiger partial charge on any atom is 0.313 e. The second-order valence-electron chi connectivity index (χ2n) is 3.68.